The smallest absolute Gasteiger partial charge is 0.264 e. The molecule has 14 heavy (non-hydrogen) atoms. The lowest BCUT2D eigenvalue weighted by atomic mass is 10.1. The summed E-state index contributed by atoms with van der Waals surface area (Å²) in [5, 5.41) is 8.91. The van der Waals surface area contributed by atoms with Gasteiger partial charge in [-0.15, -0.1) is 0 Å². The van der Waals surface area contributed by atoms with Crippen molar-refractivity contribution < 1.29 is 13.9 Å². The fraction of sp³-hybridized carbons (Fsp3) is 0.375. The molecule has 0 aromatic carbocycles. The Morgan fingerprint density at radius 2 is 2.21 bits per heavy atom. The molecular weight excluding hydrogens is 305 g/mol. The van der Waals surface area contributed by atoms with Crippen LogP contribution in [-0.4, -0.2) is 10.1 Å². The van der Waals surface area contributed by atoms with Crippen LogP contribution in [0.5, 0.6) is 0 Å². The molecule has 0 aliphatic carbocycles. The van der Waals surface area contributed by atoms with Crippen LogP contribution in [-0.2, 0) is 13.2 Å². The number of alkyl halides is 2. The average Bonchev–Trinajstić information content (AvgIpc) is 2.16. The predicted octanol–water partition coefficient (Wildman–Crippen LogP) is 1.57. The normalized spacial score (nSPS) is 11.0. The van der Waals surface area contributed by atoms with Crippen molar-refractivity contribution in [3.63, 3.8) is 0 Å². The Labute approximate surface area is 93.5 Å². The Balaban J connectivity index is 3.31. The molecule has 0 atom stereocenters. The quantitative estimate of drug-likeness (QED) is 0.658. The summed E-state index contributed by atoms with van der Waals surface area (Å²) in [7, 11) is 0. The van der Waals surface area contributed by atoms with Crippen molar-refractivity contribution in [1.29, 1.82) is 0 Å². The number of halogens is 3. The second-order valence-corrected chi connectivity index (χ2v) is 3.73. The first-order valence-corrected chi connectivity index (χ1v) is 4.95. The Morgan fingerprint density at radius 3 is 2.64 bits per heavy atom. The SMILES string of the molecule is NCc1c(C(F)F)cc(I)nc1CO. The monoisotopic (exact) mass is 314 g/mol. The van der Waals surface area contributed by atoms with Crippen LogP contribution in [0.2, 0.25) is 0 Å². The van der Waals surface area contributed by atoms with Gasteiger partial charge in [0, 0.05) is 12.1 Å². The van der Waals surface area contributed by atoms with Gasteiger partial charge in [-0.3, -0.25) is 0 Å². The zero-order valence-electron chi connectivity index (χ0n) is 7.17. The van der Waals surface area contributed by atoms with Gasteiger partial charge < -0.3 is 10.8 Å². The Kier molecular flexibility index (Phi) is 4.14. The Bertz CT molecular complexity index is 333. The second-order valence-electron chi connectivity index (χ2n) is 2.62. The fourth-order valence-electron chi connectivity index (χ4n) is 1.17. The molecule has 3 nitrogen and oxygen atoms in total. The first-order valence-electron chi connectivity index (χ1n) is 3.87. The van der Waals surface area contributed by atoms with Crippen molar-refractivity contribution in [2.45, 2.75) is 19.6 Å². The summed E-state index contributed by atoms with van der Waals surface area (Å²) >= 11 is 1.82. The van der Waals surface area contributed by atoms with Gasteiger partial charge in [0.1, 0.15) is 3.70 Å². The van der Waals surface area contributed by atoms with Crippen LogP contribution in [0.25, 0.3) is 0 Å². The summed E-state index contributed by atoms with van der Waals surface area (Å²) in [5.41, 5.74) is 5.66. The van der Waals surface area contributed by atoms with Gasteiger partial charge in [-0.05, 0) is 34.2 Å². The van der Waals surface area contributed by atoms with E-state index in [9.17, 15) is 8.78 Å². The molecule has 0 bridgehead atoms. The molecule has 6 heteroatoms. The minimum atomic E-state index is -2.59. The highest BCUT2D eigenvalue weighted by atomic mass is 127. The van der Waals surface area contributed by atoms with E-state index < -0.39 is 6.43 Å². The number of aromatic nitrogens is 1. The third-order valence-electron chi connectivity index (χ3n) is 1.80. The van der Waals surface area contributed by atoms with Crippen molar-refractivity contribution in [2.75, 3.05) is 0 Å². The van der Waals surface area contributed by atoms with E-state index in [0.717, 1.165) is 0 Å². The second kappa shape index (κ2) is 4.94. The van der Waals surface area contributed by atoms with Crippen molar-refractivity contribution >= 4 is 22.6 Å². The van der Waals surface area contributed by atoms with Gasteiger partial charge in [0.05, 0.1) is 12.3 Å². The molecule has 78 valence electrons. The molecule has 1 aromatic rings. The third kappa shape index (κ3) is 2.37. The van der Waals surface area contributed by atoms with Crippen molar-refractivity contribution in [1.82, 2.24) is 4.98 Å². The third-order valence-corrected chi connectivity index (χ3v) is 2.35. The van der Waals surface area contributed by atoms with E-state index in [1.165, 1.54) is 6.07 Å². The molecule has 1 rings (SSSR count). The van der Waals surface area contributed by atoms with Gasteiger partial charge in [-0.2, -0.15) is 0 Å². The zero-order chi connectivity index (χ0) is 10.7. The topological polar surface area (TPSA) is 59.1 Å². The van der Waals surface area contributed by atoms with E-state index in [0.29, 0.717) is 3.70 Å². The molecule has 0 spiro atoms. The lowest BCUT2D eigenvalue weighted by Crippen LogP contribution is -2.09. The lowest BCUT2D eigenvalue weighted by Gasteiger charge is -2.11. The molecule has 1 heterocycles. The molecule has 0 radical (unpaired) electrons. The van der Waals surface area contributed by atoms with E-state index in [2.05, 4.69) is 4.98 Å². The number of aliphatic hydroxyl groups is 1. The van der Waals surface area contributed by atoms with Crippen LogP contribution < -0.4 is 5.73 Å². The minimum absolute atomic E-state index is 0.0422. The van der Waals surface area contributed by atoms with E-state index in [1.54, 1.807) is 0 Å². The zero-order valence-corrected chi connectivity index (χ0v) is 9.33. The van der Waals surface area contributed by atoms with Gasteiger partial charge >= 0.3 is 0 Å². The highest BCUT2D eigenvalue weighted by Crippen LogP contribution is 2.26. The van der Waals surface area contributed by atoms with Crippen LogP contribution in [0.4, 0.5) is 8.78 Å². The number of nitrogens with two attached hydrogens (primary N) is 1. The number of hydrogen-bond donors (Lipinski definition) is 2. The van der Waals surface area contributed by atoms with E-state index in [-0.39, 0.29) is 30.0 Å². The molecule has 3 N–H and O–H groups in total. The number of rotatable bonds is 3. The van der Waals surface area contributed by atoms with Gasteiger partial charge in [0.15, 0.2) is 0 Å². The van der Waals surface area contributed by atoms with Gasteiger partial charge in [-0.25, -0.2) is 13.8 Å². The summed E-state index contributed by atoms with van der Waals surface area (Å²) in [6, 6.07) is 1.28. The molecule has 0 saturated carbocycles. The number of aliphatic hydroxyl groups excluding tert-OH is 1. The molecule has 0 saturated heterocycles. The van der Waals surface area contributed by atoms with Crippen LogP contribution >= 0.6 is 22.6 Å². The summed E-state index contributed by atoms with van der Waals surface area (Å²) in [6.07, 6.45) is -2.59. The van der Waals surface area contributed by atoms with Crippen LogP contribution in [0.15, 0.2) is 6.07 Å². The van der Waals surface area contributed by atoms with Crippen LogP contribution in [0, 0.1) is 3.70 Å². The van der Waals surface area contributed by atoms with Crippen molar-refractivity contribution in [3.05, 3.63) is 26.6 Å². The largest absolute Gasteiger partial charge is 0.390 e. The highest BCUT2D eigenvalue weighted by Gasteiger charge is 2.17. The average molecular weight is 314 g/mol. The molecule has 0 aliphatic rings. The molecule has 0 amide bonds. The molecule has 0 fully saturated rings. The summed E-state index contributed by atoms with van der Waals surface area (Å²) in [4.78, 5) is 3.93. The Morgan fingerprint density at radius 1 is 1.57 bits per heavy atom. The predicted molar refractivity (Wildman–Crippen MR) is 55.7 cm³/mol. The molecule has 0 aliphatic heterocycles. The first kappa shape index (κ1) is 11.7. The number of hydrogen-bond acceptors (Lipinski definition) is 3. The first-order chi connectivity index (χ1) is 6.60. The maximum Gasteiger partial charge on any atom is 0.264 e. The lowest BCUT2D eigenvalue weighted by molar-refractivity contribution is 0.149. The minimum Gasteiger partial charge on any atom is -0.390 e. The Hall–Kier alpha value is -0.340. The summed E-state index contributed by atoms with van der Waals surface area (Å²) in [6.45, 7) is -0.414. The van der Waals surface area contributed by atoms with Crippen LogP contribution in [0.3, 0.4) is 0 Å². The highest BCUT2D eigenvalue weighted by molar-refractivity contribution is 14.1. The van der Waals surface area contributed by atoms with E-state index in [4.69, 9.17) is 10.8 Å². The summed E-state index contributed by atoms with van der Waals surface area (Å²) < 4.78 is 25.5. The van der Waals surface area contributed by atoms with E-state index >= 15 is 0 Å². The maximum atomic E-state index is 12.5. The maximum absolute atomic E-state index is 12.5. The van der Waals surface area contributed by atoms with Crippen LogP contribution in [0.1, 0.15) is 23.2 Å². The molecule has 1 aromatic heterocycles. The fourth-order valence-corrected chi connectivity index (χ4v) is 1.80. The van der Waals surface area contributed by atoms with E-state index in [1.807, 2.05) is 22.6 Å². The van der Waals surface area contributed by atoms with Crippen molar-refractivity contribution in [2.24, 2.45) is 5.73 Å². The molecule has 0 unspecified atom stereocenters. The van der Waals surface area contributed by atoms with Crippen molar-refractivity contribution in [3.8, 4) is 0 Å². The standard InChI is InChI=1S/C8H9F2IN2O/c9-8(10)4-1-7(11)13-6(3-14)5(4)2-12/h1,8,14H,2-3,12H2. The van der Waals surface area contributed by atoms with Gasteiger partial charge in [0.2, 0.25) is 0 Å². The van der Waals surface area contributed by atoms with Gasteiger partial charge in [-0.1, -0.05) is 0 Å². The number of pyridine rings is 1. The van der Waals surface area contributed by atoms with Gasteiger partial charge in [0.25, 0.3) is 6.43 Å². The number of nitrogens with zero attached hydrogens (tertiary/aromatic N) is 1. The summed E-state index contributed by atoms with van der Waals surface area (Å²) in [5.74, 6) is 0. The molecular formula is C8H9F2IN2O.